The van der Waals surface area contributed by atoms with E-state index in [0.717, 1.165) is 6.42 Å². The Kier molecular flexibility index (Phi) is 5.91. The summed E-state index contributed by atoms with van der Waals surface area (Å²) in [5, 5.41) is 0. The molecule has 0 aromatic rings. The second-order valence-electron chi connectivity index (χ2n) is 2.81. The Morgan fingerprint density at radius 3 is 2.45 bits per heavy atom. The van der Waals surface area contributed by atoms with Gasteiger partial charge in [0.15, 0.2) is 0 Å². The van der Waals surface area contributed by atoms with E-state index < -0.39 is 0 Å². The van der Waals surface area contributed by atoms with Crippen LogP contribution in [0, 0.1) is 5.92 Å². The van der Waals surface area contributed by atoms with Gasteiger partial charge in [-0.3, -0.25) is 4.79 Å². The SMILES string of the molecule is CCCOC(=O)C(I)C(C)C. The van der Waals surface area contributed by atoms with Crippen LogP contribution in [0.3, 0.4) is 0 Å². The van der Waals surface area contributed by atoms with Crippen LogP contribution >= 0.6 is 22.6 Å². The normalized spacial score (nSPS) is 13.2. The van der Waals surface area contributed by atoms with Gasteiger partial charge in [0.1, 0.15) is 3.92 Å². The highest BCUT2D eigenvalue weighted by atomic mass is 127. The summed E-state index contributed by atoms with van der Waals surface area (Å²) in [6.45, 7) is 6.57. The van der Waals surface area contributed by atoms with Gasteiger partial charge in [-0.1, -0.05) is 43.4 Å². The van der Waals surface area contributed by atoms with Crippen molar-refractivity contribution in [1.82, 2.24) is 0 Å². The van der Waals surface area contributed by atoms with E-state index in [9.17, 15) is 4.79 Å². The molecule has 11 heavy (non-hydrogen) atoms. The largest absolute Gasteiger partial charge is 0.465 e. The van der Waals surface area contributed by atoms with Crippen molar-refractivity contribution in [3.8, 4) is 0 Å². The first-order valence-corrected chi connectivity index (χ1v) is 5.14. The zero-order valence-electron chi connectivity index (χ0n) is 7.26. The number of halogens is 1. The zero-order chi connectivity index (χ0) is 8.85. The van der Waals surface area contributed by atoms with Crippen LogP contribution in [0.15, 0.2) is 0 Å². The monoisotopic (exact) mass is 270 g/mol. The molecule has 0 bridgehead atoms. The number of esters is 1. The molecule has 0 aromatic heterocycles. The predicted octanol–water partition coefficient (Wildman–Crippen LogP) is 2.40. The van der Waals surface area contributed by atoms with Gasteiger partial charge < -0.3 is 4.74 Å². The van der Waals surface area contributed by atoms with Crippen molar-refractivity contribution in [3.05, 3.63) is 0 Å². The minimum Gasteiger partial charge on any atom is -0.465 e. The highest BCUT2D eigenvalue weighted by molar-refractivity contribution is 14.1. The van der Waals surface area contributed by atoms with Crippen molar-refractivity contribution in [2.45, 2.75) is 31.1 Å². The Labute approximate surface area is 81.8 Å². The highest BCUT2D eigenvalue weighted by Gasteiger charge is 2.19. The Morgan fingerprint density at radius 1 is 1.55 bits per heavy atom. The molecule has 3 heteroatoms. The molecule has 0 heterocycles. The van der Waals surface area contributed by atoms with E-state index >= 15 is 0 Å². The summed E-state index contributed by atoms with van der Waals surface area (Å²) in [6, 6.07) is 0. The fourth-order valence-electron chi connectivity index (χ4n) is 0.554. The van der Waals surface area contributed by atoms with Crippen molar-refractivity contribution in [2.75, 3.05) is 6.61 Å². The zero-order valence-corrected chi connectivity index (χ0v) is 9.42. The molecule has 0 aliphatic heterocycles. The molecule has 0 fully saturated rings. The first-order valence-electron chi connectivity index (χ1n) is 3.90. The van der Waals surface area contributed by atoms with Crippen LogP contribution in [0.5, 0.6) is 0 Å². The lowest BCUT2D eigenvalue weighted by Gasteiger charge is -2.11. The summed E-state index contributed by atoms with van der Waals surface area (Å²) in [5.41, 5.74) is 0. The molecule has 0 saturated carbocycles. The molecule has 66 valence electrons. The van der Waals surface area contributed by atoms with Crippen molar-refractivity contribution in [2.24, 2.45) is 5.92 Å². The van der Waals surface area contributed by atoms with Gasteiger partial charge in [-0.25, -0.2) is 0 Å². The fraction of sp³-hybridized carbons (Fsp3) is 0.875. The predicted molar refractivity (Wildman–Crippen MR) is 53.9 cm³/mol. The molecular weight excluding hydrogens is 255 g/mol. The standard InChI is InChI=1S/C8H15IO2/c1-4-5-11-8(10)7(9)6(2)3/h6-7H,4-5H2,1-3H3. The number of rotatable bonds is 4. The third-order valence-corrected chi connectivity index (χ3v) is 3.21. The number of carbonyl (C=O) groups excluding carboxylic acids is 1. The Balaban J connectivity index is 3.64. The molecule has 1 unspecified atom stereocenters. The molecule has 2 nitrogen and oxygen atoms in total. The maximum Gasteiger partial charge on any atom is 0.319 e. The second kappa shape index (κ2) is 5.80. The average Bonchev–Trinajstić information content (AvgIpc) is 1.98. The summed E-state index contributed by atoms with van der Waals surface area (Å²) in [7, 11) is 0. The van der Waals surface area contributed by atoms with Gasteiger partial charge in [0, 0.05) is 0 Å². The van der Waals surface area contributed by atoms with Crippen LogP contribution in [0.1, 0.15) is 27.2 Å². The summed E-state index contributed by atoms with van der Waals surface area (Å²) in [6.07, 6.45) is 0.896. The van der Waals surface area contributed by atoms with Gasteiger partial charge >= 0.3 is 5.97 Å². The summed E-state index contributed by atoms with van der Waals surface area (Å²) >= 11 is 2.12. The van der Waals surface area contributed by atoms with E-state index in [1.807, 2.05) is 20.8 Å². The van der Waals surface area contributed by atoms with Crippen LogP contribution < -0.4 is 0 Å². The van der Waals surface area contributed by atoms with E-state index in [4.69, 9.17) is 4.74 Å². The van der Waals surface area contributed by atoms with E-state index in [2.05, 4.69) is 22.6 Å². The summed E-state index contributed by atoms with van der Waals surface area (Å²) in [5.74, 6) is 0.280. The lowest BCUT2D eigenvalue weighted by atomic mass is 10.1. The van der Waals surface area contributed by atoms with Gasteiger partial charge in [0.25, 0.3) is 0 Å². The van der Waals surface area contributed by atoms with Crippen LogP contribution in [0.4, 0.5) is 0 Å². The minimum absolute atomic E-state index is 0.000787. The number of alkyl halides is 1. The van der Waals surface area contributed by atoms with Crippen LogP contribution in [0.25, 0.3) is 0 Å². The molecule has 0 saturated heterocycles. The smallest absolute Gasteiger partial charge is 0.319 e. The highest BCUT2D eigenvalue weighted by Crippen LogP contribution is 2.13. The van der Waals surface area contributed by atoms with Crippen molar-refractivity contribution in [1.29, 1.82) is 0 Å². The van der Waals surface area contributed by atoms with E-state index in [1.54, 1.807) is 0 Å². The molecule has 0 rings (SSSR count). The lowest BCUT2D eigenvalue weighted by Crippen LogP contribution is -2.22. The molecule has 0 aliphatic rings. The number of carbonyl (C=O) groups is 1. The molecule has 0 radical (unpaired) electrons. The maximum atomic E-state index is 11.1. The number of hydrogen-bond acceptors (Lipinski definition) is 2. The fourth-order valence-corrected chi connectivity index (χ4v) is 0.734. The van der Waals surface area contributed by atoms with Gasteiger partial charge in [-0.15, -0.1) is 0 Å². The molecule has 0 aliphatic carbocycles. The third-order valence-electron chi connectivity index (χ3n) is 1.26. The average molecular weight is 270 g/mol. The van der Waals surface area contributed by atoms with E-state index in [0.29, 0.717) is 12.5 Å². The van der Waals surface area contributed by atoms with Crippen LogP contribution in [-0.4, -0.2) is 16.5 Å². The van der Waals surface area contributed by atoms with Gasteiger partial charge in [0.2, 0.25) is 0 Å². The van der Waals surface area contributed by atoms with Crippen molar-refractivity contribution >= 4 is 28.6 Å². The molecule has 0 N–H and O–H groups in total. The van der Waals surface area contributed by atoms with Gasteiger partial charge in [-0.05, 0) is 12.3 Å². The Bertz CT molecular complexity index is 123. The molecule has 0 amide bonds. The first-order chi connectivity index (χ1) is 5.09. The summed E-state index contributed by atoms with van der Waals surface area (Å²) in [4.78, 5) is 11.1. The molecule has 0 spiro atoms. The van der Waals surface area contributed by atoms with Crippen LogP contribution in [-0.2, 0) is 9.53 Å². The quantitative estimate of drug-likeness (QED) is 0.445. The summed E-state index contributed by atoms with van der Waals surface area (Å²) < 4.78 is 4.97. The molecule has 1 atom stereocenters. The van der Waals surface area contributed by atoms with Crippen LogP contribution in [0.2, 0.25) is 0 Å². The van der Waals surface area contributed by atoms with E-state index in [1.165, 1.54) is 0 Å². The molecule has 0 aromatic carbocycles. The number of ether oxygens (including phenoxy) is 1. The Hall–Kier alpha value is 0.200. The molecular formula is C8H15IO2. The number of hydrogen-bond donors (Lipinski definition) is 0. The van der Waals surface area contributed by atoms with Crippen molar-refractivity contribution < 1.29 is 9.53 Å². The van der Waals surface area contributed by atoms with Gasteiger partial charge in [-0.2, -0.15) is 0 Å². The maximum absolute atomic E-state index is 11.1. The minimum atomic E-state index is -0.0811. The Morgan fingerprint density at radius 2 is 2.09 bits per heavy atom. The second-order valence-corrected chi connectivity index (χ2v) is 4.16. The van der Waals surface area contributed by atoms with Crippen molar-refractivity contribution in [3.63, 3.8) is 0 Å². The third kappa shape index (κ3) is 4.61. The lowest BCUT2D eigenvalue weighted by molar-refractivity contribution is -0.143. The van der Waals surface area contributed by atoms with Gasteiger partial charge in [0.05, 0.1) is 6.61 Å². The topological polar surface area (TPSA) is 26.3 Å². The van der Waals surface area contributed by atoms with E-state index in [-0.39, 0.29) is 9.89 Å². The first kappa shape index (κ1) is 11.2.